The van der Waals surface area contributed by atoms with E-state index in [1.807, 2.05) is 0 Å². The van der Waals surface area contributed by atoms with Gasteiger partial charge in [0.1, 0.15) is 0 Å². The maximum atomic E-state index is 13.2. The maximum absolute atomic E-state index is 13.2. The van der Waals surface area contributed by atoms with Crippen molar-refractivity contribution in [3.8, 4) is 0 Å². The quantitative estimate of drug-likeness (QED) is 0.316. The van der Waals surface area contributed by atoms with Gasteiger partial charge in [-0.2, -0.15) is 52.7 Å². The fourth-order valence-corrected chi connectivity index (χ4v) is 4.41. The molecule has 0 aliphatic rings. The molecule has 0 aromatic heterocycles. The predicted molar refractivity (Wildman–Crippen MR) is 99.2 cm³/mol. The minimum Gasteiger partial charge on any atom is -0.398 e. The van der Waals surface area contributed by atoms with Crippen molar-refractivity contribution in [1.29, 1.82) is 0 Å². The van der Waals surface area contributed by atoms with E-state index in [9.17, 15) is 71.3 Å². The average molecular weight is 580 g/mol. The van der Waals surface area contributed by atoms with Crippen LogP contribution in [0.2, 0.25) is 0 Å². The van der Waals surface area contributed by atoms with Crippen LogP contribution in [0, 0.1) is 0 Å². The number of halogens is 12. The molecule has 2 rings (SSSR count). The normalized spacial score (nSPS) is 14.6. The summed E-state index contributed by atoms with van der Waals surface area (Å²) in [6, 6.07) is 0.0895. The summed E-state index contributed by atoms with van der Waals surface area (Å²) >= 11 is 0. The number of nitrogens with two attached hydrogens (primary N) is 2. The summed E-state index contributed by atoms with van der Waals surface area (Å²) < 4.78 is 185. The lowest BCUT2D eigenvalue weighted by Gasteiger charge is -2.34. The molecular weight excluding hydrogens is 568 g/mol. The monoisotopic (exact) mass is 580 g/mol. The molecule has 0 spiro atoms. The molecule has 0 atom stereocenters. The zero-order valence-electron chi connectivity index (χ0n) is 17.3. The van der Waals surface area contributed by atoms with Gasteiger partial charge in [0.2, 0.25) is 9.84 Å². The van der Waals surface area contributed by atoms with Gasteiger partial charge in [-0.15, -0.1) is 0 Å². The molecule has 37 heavy (non-hydrogen) atoms. The van der Waals surface area contributed by atoms with E-state index in [4.69, 9.17) is 11.5 Å². The first-order valence-corrected chi connectivity index (χ1v) is 10.5. The number of hydrogen-bond donors (Lipinski definition) is 4. The molecule has 0 unspecified atom stereocenters. The standard InChI is InChI=1S/C18H12F12N2O4S/c19-15(20,21)13(33,16(22,23)24)9-5-7(1-3-11(9)31)37(35,36)8-2-4-12(32)10(6-8)14(34,17(25,26)27)18(28,29)30/h1-6,33-34H,31-32H2. The van der Waals surface area contributed by atoms with Crippen LogP contribution in [0.4, 0.5) is 64.1 Å². The molecule has 0 aliphatic heterocycles. The zero-order chi connectivity index (χ0) is 29.2. The lowest BCUT2D eigenvalue weighted by atomic mass is 9.91. The van der Waals surface area contributed by atoms with Crippen LogP contribution in [0.3, 0.4) is 0 Å². The Morgan fingerprint density at radius 1 is 0.541 bits per heavy atom. The van der Waals surface area contributed by atoms with E-state index < -0.39 is 90.2 Å². The molecule has 208 valence electrons. The number of aliphatic hydroxyl groups is 2. The van der Waals surface area contributed by atoms with Gasteiger partial charge in [0, 0.05) is 22.5 Å². The van der Waals surface area contributed by atoms with Crippen molar-refractivity contribution in [2.24, 2.45) is 0 Å². The highest BCUT2D eigenvalue weighted by Gasteiger charge is 2.73. The Hall–Kier alpha value is -2.93. The van der Waals surface area contributed by atoms with E-state index in [-0.39, 0.29) is 24.3 Å². The number of hydrogen-bond acceptors (Lipinski definition) is 6. The van der Waals surface area contributed by atoms with Crippen molar-refractivity contribution in [3.05, 3.63) is 47.5 Å². The molecule has 6 N–H and O–H groups in total. The van der Waals surface area contributed by atoms with E-state index in [2.05, 4.69) is 0 Å². The summed E-state index contributed by atoms with van der Waals surface area (Å²) in [6.45, 7) is 0. The third kappa shape index (κ3) is 4.63. The van der Waals surface area contributed by atoms with Gasteiger partial charge in [-0.1, -0.05) is 0 Å². The highest BCUT2D eigenvalue weighted by molar-refractivity contribution is 7.91. The number of sulfone groups is 1. The molecule has 0 saturated heterocycles. The van der Waals surface area contributed by atoms with E-state index in [0.29, 0.717) is 0 Å². The Morgan fingerprint density at radius 3 is 1.00 bits per heavy atom. The first-order valence-electron chi connectivity index (χ1n) is 9.01. The first kappa shape index (κ1) is 30.3. The fraction of sp³-hybridized carbons (Fsp3) is 0.333. The predicted octanol–water partition coefficient (Wildman–Crippen LogP) is 4.31. The topological polar surface area (TPSA) is 127 Å². The van der Waals surface area contributed by atoms with Gasteiger partial charge in [0.15, 0.2) is 0 Å². The van der Waals surface area contributed by atoms with Crippen LogP contribution in [-0.4, -0.2) is 43.3 Å². The van der Waals surface area contributed by atoms with Gasteiger partial charge < -0.3 is 21.7 Å². The van der Waals surface area contributed by atoms with E-state index in [1.165, 1.54) is 0 Å². The summed E-state index contributed by atoms with van der Waals surface area (Å²) in [5.41, 5.74) is -8.59. The number of anilines is 2. The van der Waals surface area contributed by atoms with Crippen LogP contribution >= 0.6 is 0 Å². The Labute approximate surface area is 198 Å². The number of alkyl halides is 12. The van der Waals surface area contributed by atoms with Crippen LogP contribution in [-0.2, 0) is 21.0 Å². The molecule has 0 fully saturated rings. The van der Waals surface area contributed by atoms with Gasteiger partial charge >= 0.3 is 24.7 Å². The molecule has 2 aromatic carbocycles. The Balaban J connectivity index is 2.88. The van der Waals surface area contributed by atoms with Gasteiger partial charge in [0.05, 0.1) is 9.79 Å². The Bertz CT molecular complexity index is 1180. The molecular formula is C18H12F12N2O4S. The maximum Gasteiger partial charge on any atom is 0.430 e. The van der Waals surface area contributed by atoms with Crippen LogP contribution < -0.4 is 11.5 Å². The molecule has 2 aromatic rings. The van der Waals surface area contributed by atoms with Crippen molar-refractivity contribution in [1.82, 2.24) is 0 Å². The Morgan fingerprint density at radius 2 is 0.784 bits per heavy atom. The first-order chi connectivity index (χ1) is 16.2. The second-order valence-corrected chi connectivity index (χ2v) is 9.36. The van der Waals surface area contributed by atoms with Gasteiger partial charge in [0.25, 0.3) is 11.2 Å². The summed E-state index contributed by atoms with van der Waals surface area (Å²) in [5, 5.41) is 19.1. The largest absolute Gasteiger partial charge is 0.430 e. The van der Waals surface area contributed by atoms with Crippen LogP contribution in [0.25, 0.3) is 0 Å². The molecule has 0 bridgehead atoms. The summed E-state index contributed by atoms with van der Waals surface area (Å²) in [4.78, 5) is -3.11. The van der Waals surface area contributed by atoms with E-state index in [0.717, 1.165) is 0 Å². The SMILES string of the molecule is Nc1ccc(S(=O)(=O)c2ccc(N)c(C(O)(C(F)(F)F)C(F)(F)F)c2)cc1C(O)(C(F)(F)F)C(F)(F)F. The number of nitrogen functional groups attached to an aromatic ring is 2. The molecule has 0 aliphatic carbocycles. The van der Waals surface area contributed by atoms with Crippen molar-refractivity contribution in [3.63, 3.8) is 0 Å². The van der Waals surface area contributed by atoms with Crippen LogP contribution in [0.15, 0.2) is 46.2 Å². The smallest absolute Gasteiger partial charge is 0.398 e. The summed E-state index contributed by atoms with van der Waals surface area (Å²) in [7, 11) is -5.52. The van der Waals surface area contributed by atoms with Crippen LogP contribution in [0.1, 0.15) is 11.1 Å². The van der Waals surface area contributed by atoms with Gasteiger partial charge in [-0.3, -0.25) is 0 Å². The number of benzene rings is 2. The van der Waals surface area contributed by atoms with E-state index in [1.54, 1.807) is 0 Å². The van der Waals surface area contributed by atoms with E-state index >= 15 is 0 Å². The second kappa shape index (κ2) is 8.55. The lowest BCUT2D eigenvalue weighted by molar-refractivity contribution is -0.376. The molecule has 19 heteroatoms. The molecule has 0 heterocycles. The van der Waals surface area contributed by atoms with Crippen LogP contribution in [0.5, 0.6) is 0 Å². The van der Waals surface area contributed by atoms with Gasteiger partial charge in [-0.05, 0) is 36.4 Å². The fourth-order valence-electron chi connectivity index (χ4n) is 3.10. The Kier molecular flexibility index (Phi) is 7.00. The summed E-state index contributed by atoms with van der Waals surface area (Å²) in [6.07, 6.45) is -26.1. The molecule has 0 saturated carbocycles. The number of rotatable bonds is 4. The average Bonchev–Trinajstić information content (AvgIpc) is 2.69. The molecule has 0 radical (unpaired) electrons. The zero-order valence-corrected chi connectivity index (χ0v) is 18.1. The minimum absolute atomic E-state index is 0.171. The third-order valence-electron chi connectivity index (χ3n) is 5.09. The highest BCUT2D eigenvalue weighted by atomic mass is 32.2. The lowest BCUT2D eigenvalue weighted by Crippen LogP contribution is -2.54. The molecule has 0 amide bonds. The second-order valence-electron chi connectivity index (χ2n) is 7.41. The van der Waals surface area contributed by atoms with Crippen molar-refractivity contribution in [2.75, 3.05) is 11.5 Å². The van der Waals surface area contributed by atoms with Gasteiger partial charge in [-0.25, -0.2) is 8.42 Å². The summed E-state index contributed by atoms with van der Waals surface area (Å²) in [5.74, 6) is 0. The van der Waals surface area contributed by atoms with Crippen molar-refractivity contribution < 1.29 is 71.3 Å². The minimum atomic E-state index is -6.52. The third-order valence-corrected chi connectivity index (χ3v) is 6.84. The molecule has 6 nitrogen and oxygen atoms in total. The highest BCUT2D eigenvalue weighted by Crippen LogP contribution is 2.53. The van der Waals surface area contributed by atoms with Crippen molar-refractivity contribution in [2.45, 2.75) is 45.7 Å². The van der Waals surface area contributed by atoms with Crippen molar-refractivity contribution >= 4 is 21.2 Å².